The van der Waals surface area contributed by atoms with E-state index >= 15 is 0 Å². The van der Waals surface area contributed by atoms with Gasteiger partial charge < -0.3 is 10.5 Å². The molecule has 0 fully saturated rings. The Bertz CT molecular complexity index is 1150. The maximum Gasteiger partial charge on any atom is 0.220 e. The van der Waals surface area contributed by atoms with Gasteiger partial charge in [0, 0.05) is 17.2 Å². The van der Waals surface area contributed by atoms with Crippen LogP contribution in [0.3, 0.4) is 0 Å². The summed E-state index contributed by atoms with van der Waals surface area (Å²) >= 11 is 0. The number of rotatable bonds is 3. The first-order chi connectivity index (χ1) is 14.4. The molecule has 0 radical (unpaired) electrons. The monoisotopic (exact) mass is 404 g/mol. The normalized spacial score (nSPS) is 15.6. The summed E-state index contributed by atoms with van der Waals surface area (Å²) in [6.07, 6.45) is 1.54. The standard InChI is InChI=1S/C24H25FN4O/c1-13(2)18-10-15(11-21-23(18)14(3)27-24(26)29-21)17-9-8-16(25)12-19(17)20-6-5-7-22(28-20)30-4/h5-9,12,15H,10-11H2,1-4H3,(H2,26,27,29). The largest absolute Gasteiger partial charge is 0.481 e. The summed E-state index contributed by atoms with van der Waals surface area (Å²) in [5.74, 6) is 0.616. The zero-order valence-electron chi connectivity index (χ0n) is 17.7. The number of benzene rings is 1. The molecule has 0 saturated heterocycles. The lowest BCUT2D eigenvalue weighted by atomic mass is 9.76. The van der Waals surface area contributed by atoms with Gasteiger partial charge >= 0.3 is 0 Å². The van der Waals surface area contributed by atoms with Crippen molar-refractivity contribution in [2.24, 2.45) is 0 Å². The van der Waals surface area contributed by atoms with Gasteiger partial charge in [-0.25, -0.2) is 19.3 Å². The van der Waals surface area contributed by atoms with Crippen LogP contribution in [0.2, 0.25) is 0 Å². The van der Waals surface area contributed by atoms with E-state index in [2.05, 4.69) is 28.8 Å². The molecular weight excluding hydrogens is 379 g/mol. The molecule has 0 bridgehead atoms. The number of hydrogen-bond acceptors (Lipinski definition) is 5. The molecule has 2 N–H and O–H groups in total. The fourth-order valence-electron chi connectivity index (χ4n) is 4.31. The van der Waals surface area contributed by atoms with Crippen molar-refractivity contribution in [2.75, 3.05) is 12.8 Å². The molecule has 3 aromatic rings. The molecule has 4 rings (SSSR count). The SMILES string of the molecule is COc1cccc(-c2cc(F)ccc2C2CC(=C(C)C)c3c(C)nc(N)nc3C2)n1. The number of methoxy groups -OCH3 is 1. The van der Waals surface area contributed by atoms with Crippen molar-refractivity contribution in [1.82, 2.24) is 15.0 Å². The zero-order chi connectivity index (χ0) is 21.4. The third-order valence-electron chi connectivity index (χ3n) is 5.64. The summed E-state index contributed by atoms with van der Waals surface area (Å²) < 4.78 is 19.5. The lowest BCUT2D eigenvalue weighted by Crippen LogP contribution is -2.18. The molecule has 5 nitrogen and oxygen atoms in total. The van der Waals surface area contributed by atoms with Crippen LogP contribution in [0.5, 0.6) is 5.88 Å². The van der Waals surface area contributed by atoms with Crippen molar-refractivity contribution in [3.05, 3.63) is 70.3 Å². The van der Waals surface area contributed by atoms with Crippen molar-refractivity contribution in [1.29, 1.82) is 0 Å². The van der Waals surface area contributed by atoms with Gasteiger partial charge in [-0.15, -0.1) is 0 Å². The molecule has 0 saturated carbocycles. The third kappa shape index (κ3) is 3.65. The van der Waals surface area contributed by atoms with Gasteiger partial charge in [-0.05, 0) is 68.9 Å². The molecule has 1 aliphatic carbocycles. The first-order valence-corrected chi connectivity index (χ1v) is 9.98. The Labute approximate surface area is 175 Å². The topological polar surface area (TPSA) is 73.9 Å². The van der Waals surface area contributed by atoms with Gasteiger partial charge in [0.1, 0.15) is 5.82 Å². The Hall–Kier alpha value is -3.28. The van der Waals surface area contributed by atoms with E-state index in [1.54, 1.807) is 19.2 Å². The van der Waals surface area contributed by atoms with Crippen molar-refractivity contribution in [3.63, 3.8) is 0 Å². The van der Waals surface area contributed by atoms with Crippen molar-refractivity contribution in [3.8, 4) is 17.1 Å². The summed E-state index contributed by atoms with van der Waals surface area (Å²) in [5, 5.41) is 0. The molecule has 2 heterocycles. The van der Waals surface area contributed by atoms with Gasteiger partial charge in [0.05, 0.1) is 24.2 Å². The number of aryl methyl sites for hydroxylation is 1. The molecule has 30 heavy (non-hydrogen) atoms. The molecule has 0 amide bonds. The van der Waals surface area contributed by atoms with E-state index in [1.165, 1.54) is 17.2 Å². The van der Waals surface area contributed by atoms with E-state index in [1.807, 2.05) is 25.1 Å². The Morgan fingerprint density at radius 3 is 2.63 bits per heavy atom. The van der Waals surface area contributed by atoms with Crippen LogP contribution in [0.4, 0.5) is 10.3 Å². The smallest absolute Gasteiger partial charge is 0.220 e. The predicted molar refractivity (Wildman–Crippen MR) is 117 cm³/mol. The number of anilines is 1. The van der Waals surface area contributed by atoms with E-state index in [4.69, 9.17) is 10.5 Å². The number of pyridine rings is 1. The summed E-state index contributed by atoms with van der Waals surface area (Å²) in [7, 11) is 1.57. The van der Waals surface area contributed by atoms with Gasteiger partial charge in [0.2, 0.25) is 11.8 Å². The molecule has 1 atom stereocenters. The van der Waals surface area contributed by atoms with Crippen molar-refractivity contribution in [2.45, 2.75) is 39.5 Å². The number of allylic oxidation sites excluding steroid dienone is 2. The summed E-state index contributed by atoms with van der Waals surface area (Å²) in [5.41, 5.74) is 13.8. The Kier molecular flexibility index (Phi) is 5.24. The fraction of sp³-hybridized carbons (Fsp3) is 0.292. The van der Waals surface area contributed by atoms with Crippen LogP contribution in [0, 0.1) is 12.7 Å². The minimum Gasteiger partial charge on any atom is -0.481 e. The highest BCUT2D eigenvalue weighted by atomic mass is 19.1. The van der Waals surface area contributed by atoms with Gasteiger partial charge in [-0.3, -0.25) is 0 Å². The number of nitrogens with zero attached hydrogens (tertiary/aromatic N) is 3. The number of halogens is 1. The van der Waals surface area contributed by atoms with Crippen molar-refractivity contribution >= 4 is 11.5 Å². The minimum absolute atomic E-state index is 0.125. The lowest BCUT2D eigenvalue weighted by Gasteiger charge is -2.30. The molecule has 2 aromatic heterocycles. The number of nitrogens with two attached hydrogens (primary N) is 1. The highest BCUT2D eigenvalue weighted by Gasteiger charge is 2.29. The quantitative estimate of drug-likeness (QED) is 0.657. The van der Waals surface area contributed by atoms with Crippen molar-refractivity contribution < 1.29 is 9.13 Å². The van der Waals surface area contributed by atoms with Crippen LogP contribution < -0.4 is 10.5 Å². The summed E-state index contributed by atoms with van der Waals surface area (Å²) in [4.78, 5) is 13.5. The minimum atomic E-state index is -0.292. The summed E-state index contributed by atoms with van der Waals surface area (Å²) in [6.45, 7) is 6.18. The molecule has 1 unspecified atom stereocenters. The van der Waals surface area contributed by atoms with Crippen LogP contribution in [0.15, 0.2) is 42.0 Å². The second kappa shape index (κ2) is 7.86. The lowest BCUT2D eigenvalue weighted by molar-refractivity contribution is 0.398. The molecule has 1 aromatic carbocycles. The van der Waals surface area contributed by atoms with Crippen LogP contribution >= 0.6 is 0 Å². The second-order valence-corrected chi connectivity index (χ2v) is 7.87. The van der Waals surface area contributed by atoms with E-state index in [0.717, 1.165) is 34.5 Å². The number of hydrogen-bond donors (Lipinski definition) is 1. The van der Waals surface area contributed by atoms with Gasteiger partial charge in [-0.2, -0.15) is 0 Å². The number of aromatic nitrogens is 3. The molecule has 6 heteroatoms. The second-order valence-electron chi connectivity index (χ2n) is 7.87. The summed E-state index contributed by atoms with van der Waals surface area (Å²) in [6, 6.07) is 10.4. The maximum atomic E-state index is 14.2. The Morgan fingerprint density at radius 1 is 1.10 bits per heavy atom. The molecule has 1 aliphatic rings. The van der Waals surface area contributed by atoms with Gasteiger partial charge in [0.25, 0.3) is 0 Å². The zero-order valence-corrected chi connectivity index (χ0v) is 17.7. The van der Waals surface area contributed by atoms with E-state index < -0.39 is 0 Å². The van der Waals surface area contributed by atoms with Crippen LogP contribution in [-0.4, -0.2) is 22.1 Å². The number of fused-ring (bicyclic) bond motifs is 1. The average molecular weight is 404 g/mol. The first-order valence-electron chi connectivity index (χ1n) is 9.98. The molecule has 0 spiro atoms. The Balaban J connectivity index is 1.86. The third-order valence-corrected chi connectivity index (χ3v) is 5.64. The number of ether oxygens (including phenoxy) is 1. The maximum absolute atomic E-state index is 14.2. The van der Waals surface area contributed by atoms with Gasteiger partial charge in [-0.1, -0.05) is 17.7 Å². The highest BCUT2D eigenvalue weighted by molar-refractivity contribution is 5.75. The van der Waals surface area contributed by atoms with Crippen LogP contribution in [0.25, 0.3) is 16.8 Å². The number of nitrogen functional groups attached to an aromatic ring is 1. The van der Waals surface area contributed by atoms with E-state index in [9.17, 15) is 4.39 Å². The Morgan fingerprint density at radius 2 is 1.90 bits per heavy atom. The molecular formula is C24H25FN4O. The van der Waals surface area contributed by atoms with E-state index in [0.29, 0.717) is 18.0 Å². The van der Waals surface area contributed by atoms with E-state index in [-0.39, 0.29) is 17.7 Å². The predicted octanol–water partition coefficient (Wildman–Crippen LogP) is 5.10. The van der Waals surface area contributed by atoms with Crippen LogP contribution in [0.1, 0.15) is 48.7 Å². The highest BCUT2D eigenvalue weighted by Crippen LogP contribution is 2.44. The average Bonchev–Trinajstić information content (AvgIpc) is 2.72. The van der Waals surface area contributed by atoms with Crippen LogP contribution in [-0.2, 0) is 6.42 Å². The molecule has 0 aliphatic heterocycles. The molecule has 154 valence electrons. The first kappa shape index (κ1) is 20.0. The van der Waals surface area contributed by atoms with Gasteiger partial charge in [0.15, 0.2) is 0 Å². The fourth-order valence-corrected chi connectivity index (χ4v) is 4.31.